The molecule has 2 aromatic heterocycles. The highest BCUT2D eigenvalue weighted by Crippen LogP contribution is 2.26. The minimum atomic E-state index is -0.331. The first-order valence-electron chi connectivity index (χ1n) is 9.53. The number of rotatable bonds is 6. The van der Waals surface area contributed by atoms with Gasteiger partial charge in [-0.25, -0.2) is 4.79 Å². The van der Waals surface area contributed by atoms with Gasteiger partial charge in [-0.3, -0.25) is 13.9 Å². The molecule has 2 heterocycles. The van der Waals surface area contributed by atoms with Crippen molar-refractivity contribution in [1.29, 1.82) is 0 Å². The molecule has 6 nitrogen and oxygen atoms in total. The first-order chi connectivity index (χ1) is 14.5. The number of nitrogens with zero attached hydrogens (tertiary/aromatic N) is 3. The van der Waals surface area contributed by atoms with Crippen molar-refractivity contribution in [2.75, 3.05) is 0 Å². The molecule has 7 heteroatoms. The SMILES string of the molecule is Cc1c(SCc2cc(-c3ccccc3)on2)n(C)c(=O)n(Cc2ccccc2)c1=O. The molecule has 152 valence electrons. The van der Waals surface area contributed by atoms with E-state index in [4.69, 9.17) is 4.52 Å². The number of thioether (sulfide) groups is 1. The highest BCUT2D eigenvalue weighted by molar-refractivity contribution is 7.98. The van der Waals surface area contributed by atoms with E-state index < -0.39 is 0 Å². The Bertz CT molecular complexity index is 1240. The van der Waals surface area contributed by atoms with Crippen LogP contribution in [0.25, 0.3) is 11.3 Å². The van der Waals surface area contributed by atoms with Crippen LogP contribution in [0.5, 0.6) is 0 Å². The average molecular weight is 420 g/mol. The van der Waals surface area contributed by atoms with Crippen LogP contribution < -0.4 is 11.2 Å². The molecule has 2 aromatic carbocycles. The van der Waals surface area contributed by atoms with E-state index in [1.807, 2.05) is 66.7 Å². The molecule has 4 rings (SSSR count). The number of benzene rings is 2. The normalized spacial score (nSPS) is 11.0. The van der Waals surface area contributed by atoms with Crippen LogP contribution in [-0.4, -0.2) is 14.3 Å². The molecule has 0 saturated carbocycles. The lowest BCUT2D eigenvalue weighted by molar-refractivity contribution is 0.426. The Kier molecular flexibility index (Phi) is 5.72. The van der Waals surface area contributed by atoms with Crippen LogP contribution in [0.15, 0.2) is 85.9 Å². The van der Waals surface area contributed by atoms with Gasteiger partial charge in [-0.15, -0.1) is 11.8 Å². The van der Waals surface area contributed by atoms with Gasteiger partial charge in [0.05, 0.1) is 17.3 Å². The van der Waals surface area contributed by atoms with E-state index in [1.54, 1.807) is 14.0 Å². The van der Waals surface area contributed by atoms with E-state index >= 15 is 0 Å². The standard InChI is InChI=1S/C23H21N3O3S/c1-16-21(27)26(14-17-9-5-3-6-10-17)23(28)25(2)22(16)30-15-19-13-20(29-24-19)18-11-7-4-8-12-18/h3-13H,14-15H2,1-2H3. The van der Waals surface area contributed by atoms with Gasteiger partial charge in [0.1, 0.15) is 0 Å². The molecule has 0 N–H and O–H groups in total. The van der Waals surface area contributed by atoms with Crippen molar-refractivity contribution in [2.24, 2.45) is 7.05 Å². The quantitative estimate of drug-likeness (QED) is 0.351. The summed E-state index contributed by atoms with van der Waals surface area (Å²) in [7, 11) is 1.69. The van der Waals surface area contributed by atoms with Crippen molar-refractivity contribution in [3.63, 3.8) is 0 Å². The summed E-state index contributed by atoms with van der Waals surface area (Å²) in [6, 6.07) is 21.1. The molecule has 0 spiro atoms. The second-order valence-electron chi connectivity index (χ2n) is 6.99. The van der Waals surface area contributed by atoms with Crippen LogP contribution in [0.3, 0.4) is 0 Å². The third kappa shape index (κ3) is 4.02. The van der Waals surface area contributed by atoms with Gasteiger partial charge < -0.3 is 4.52 Å². The Hall–Kier alpha value is -3.32. The predicted molar refractivity (Wildman–Crippen MR) is 118 cm³/mol. The molecule has 4 aromatic rings. The summed E-state index contributed by atoms with van der Waals surface area (Å²) in [4.78, 5) is 25.7. The second kappa shape index (κ2) is 8.59. The Morgan fingerprint density at radius 1 is 1.00 bits per heavy atom. The van der Waals surface area contributed by atoms with Gasteiger partial charge in [0.15, 0.2) is 5.76 Å². The van der Waals surface area contributed by atoms with Crippen LogP contribution in [0.2, 0.25) is 0 Å². The summed E-state index contributed by atoms with van der Waals surface area (Å²) in [5.41, 5.74) is 2.56. The molecule has 0 radical (unpaired) electrons. The number of aromatic nitrogens is 3. The maximum atomic E-state index is 12.9. The lowest BCUT2D eigenvalue weighted by Crippen LogP contribution is -2.41. The van der Waals surface area contributed by atoms with Gasteiger partial charge in [0.25, 0.3) is 5.56 Å². The third-order valence-corrected chi connectivity index (χ3v) is 6.16. The molecule has 30 heavy (non-hydrogen) atoms. The smallest absolute Gasteiger partial charge is 0.331 e. The Morgan fingerprint density at radius 3 is 2.37 bits per heavy atom. The van der Waals surface area contributed by atoms with Gasteiger partial charge in [-0.05, 0) is 12.5 Å². The van der Waals surface area contributed by atoms with Gasteiger partial charge in [-0.1, -0.05) is 65.8 Å². The minimum absolute atomic E-state index is 0.252. The monoisotopic (exact) mass is 419 g/mol. The molecule has 0 aliphatic heterocycles. The maximum absolute atomic E-state index is 12.9. The maximum Gasteiger partial charge on any atom is 0.331 e. The zero-order chi connectivity index (χ0) is 21.1. The molecule has 0 aliphatic carbocycles. The molecule has 0 bridgehead atoms. The zero-order valence-electron chi connectivity index (χ0n) is 16.7. The van der Waals surface area contributed by atoms with E-state index in [-0.39, 0.29) is 17.8 Å². The molecule has 0 atom stereocenters. The summed E-state index contributed by atoms with van der Waals surface area (Å²) < 4.78 is 8.24. The third-order valence-electron chi connectivity index (χ3n) is 4.87. The molecule has 0 amide bonds. The van der Waals surface area contributed by atoms with Crippen molar-refractivity contribution in [3.05, 3.63) is 104 Å². The van der Waals surface area contributed by atoms with E-state index in [2.05, 4.69) is 5.16 Å². The fourth-order valence-electron chi connectivity index (χ4n) is 3.27. The van der Waals surface area contributed by atoms with Crippen molar-refractivity contribution < 1.29 is 4.52 Å². The van der Waals surface area contributed by atoms with Gasteiger partial charge in [-0.2, -0.15) is 0 Å². The summed E-state index contributed by atoms with van der Waals surface area (Å²) >= 11 is 1.41. The van der Waals surface area contributed by atoms with Gasteiger partial charge >= 0.3 is 5.69 Å². The van der Waals surface area contributed by atoms with Crippen LogP contribution in [-0.2, 0) is 19.3 Å². The van der Waals surface area contributed by atoms with Crippen molar-refractivity contribution in [2.45, 2.75) is 24.2 Å². The van der Waals surface area contributed by atoms with E-state index in [0.717, 1.165) is 16.8 Å². The van der Waals surface area contributed by atoms with Crippen molar-refractivity contribution >= 4 is 11.8 Å². The summed E-state index contributed by atoms with van der Waals surface area (Å²) in [5.74, 6) is 1.18. The Morgan fingerprint density at radius 2 is 1.67 bits per heavy atom. The van der Waals surface area contributed by atoms with Crippen LogP contribution >= 0.6 is 11.8 Å². The first-order valence-corrected chi connectivity index (χ1v) is 10.5. The highest BCUT2D eigenvalue weighted by atomic mass is 32.2. The Balaban J connectivity index is 1.57. The predicted octanol–water partition coefficient (Wildman–Crippen LogP) is 3.85. The fraction of sp³-hybridized carbons (Fsp3) is 0.174. The summed E-state index contributed by atoms with van der Waals surface area (Å²) in [5, 5.41) is 4.76. The van der Waals surface area contributed by atoms with Crippen molar-refractivity contribution in [1.82, 2.24) is 14.3 Å². The van der Waals surface area contributed by atoms with Crippen molar-refractivity contribution in [3.8, 4) is 11.3 Å². The molecule has 0 saturated heterocycles. The van der Waals surface area contributed by atoms with Gasteiger partial charge in [0.2, 0.25) is 0 Å². The average Bonchev–Trinajstić information content (AvgIpc) is 3.26. The lowest BCUT2D eigenvalue weighted by Gasteiger charge is -2.14. The van der Waals surface area contributed by atoms with Crippen LogP contribution in [0.1, 0.15) is 16.8 Å². The molecule has 0 fully saturated rings. The van der Waals surface area contributed by atoms with E-state index in [1.165, 1.54) is 20.9 Å². The highest BCUT2D eigenvalue weighted by Gasteiger charge is 2.16. The molecule has 0 unspecified atom stereocenters. The molecule has 0 aliphatic rings. The van der Waals surface area contributed by atoms with Gasteiger partial charge in [0, 0.05) is 30.0 Å². The number of hydrogen-bond donors (Lipinski definition) is 0. The second-order valence-corrected chi connectivity index (χ2v) is 7.95. The largest absolute Gasteiger partial charge is 0.356 e. The fourth-order valence-corrected chi connectivity index (χ4v) is 4.27. The minimum Gasteiger partial charge on any atom is -0.356 e. The van der Waals surface area contributed by atoms with E-state index in [9.17, 15) is 9.59 Å². The molecular formula is C23H21N3O3S. The lowest BCUT2D eigenvalue weighted by atomic mass is 10.2. The van der Waals surface area contributed by atoms with E-state index in [0.29, 0.717) is 22.1 Å². The van der Waals surface area contributed by atoms with Crippen LogP contribution in [0.4, 0.5) is 0 Å². The number of hydrogen-bond acceptors (Lipinski definition) is 5. The zero-order valence-corrected chi connectivity index (χ0v) is 17.6. The summed E-state index contributed by atoms with van der Waals surface area (Å²) in [6.45, 7) is 2.01. The Labute approximate surface area is 177 Å². The van der Waals surface area contributed by atoms with Crippen LogP contribution in [0, 0.1) is 6.92 Å². The molecular weight excluding hydrogens is 398 g/mol. The first kappa shape index (κ1) is 20.0. The summed E-state index contributed by atoms with van der Waals surface area (Å²) in [6.07, 6.45) is 0. The topological polar surface area (TPSA) is 70.0 Å².